The van der Waals surface area contributed by atoms with Crippen molar-refractivity contribution in [1.82, 2.24) is 0 Å². The van der Waals surface area contributed by atoms with E-state index < -0.39 is 0 Å². The summed E-state index contributed by atoms with van der Waals surface area (Å²) in [7, 11) is 0. The van der Waals surface area contributed by atoms with Gasteiger partial charge in [-0.15, -0.1) is 0 Å². The van der Waals surface area contributed by atoms with Crippen molar-refractivity contribution in [3.05, 3.63) is 0 Å². The molecule has 2 fully saturated rings. The van der Waals surface area contributed by atoms with E-state index in [9.17, 15) is 9.59 Å². The van der Waals surface area contributed by atoms with Crippen LogP contribution in [0.3, 0.4) is 0 Å². The van der Waals surface area contributed by atoms with Crippen molar-refractivity contribution in [2.45, 2.75) is 52.4 Å². The van der Waals surface area contributed by atoms with Gasteiger partial charge in [-0.25, -0.2) is 0 Å². The summed E-state index contributed by atoms with van der Waals surface area (Å²) in [4.78, 5) is 23.4. The van der Waals surface area contributed by atoms with Crippen LogP contribution in [0.5, 0.6) is 0 Å². The summed E-state index contributed by atoms with van der Waals surface area (Å²) in [5, 5.41) is 0. The fraction of sp³-hybridized carbons (Fsp3) is 0.833. The third kappa shape index (κ3) is 1.09. The van der Waals surface area contributed by atoms with E-state index in [1.807, 2.05) is 6.92 Å². The van der Waals surface area contributed by atoms with Crippen molar-refractivity contribution in [2.75, 3.05) is 0 Å². The second kappa shape index (κ2) is 2.91. The first-order valence-corrected chi connectivity index (χ1v) is 5.59. The maximum absolute atomic E-state index is 11.8. The van der Waals surface area contributed by atoms with Gasteiger partial charge in [-0.05, 0) is 39.0 Å². The fourth-order valence-electron chi connectivity index (χ4n) is 3.44. The lowest BCUT2D eigenvalue weighted by atomic mass is 9.78. The third-order valence-corrected chi connectivity index (χ3v) is 4.50. The molecule has 0 saturated heterocycles. The molecule has 0 N–H and O–H groups in total. The van der Waals surface area contributed by atoms with E-state index in [1.165, 1.54) is 0 Å². The van der Waals surface area contributed by atoms with Crippen LogP contribution in [0.1, 0.15) is 52.4 Å². The van der Waals surface area contributed by atoms with E-state index in [0.717, 1.165) is 32.1 Å². The maximum atomic E-state index is 11.8. The molecule has 0 unspecified atom stereocenters. The van der Waals surface area contributed by atoms with Crippen molar-refractivity contribution < 1.29 is 9.59 Å². The zero-order valence-electron chi connectivity index (χ0n) is 9.06. The van der Waals surface area contributed by atoms with Crippen LogP contribution in [0.15, 0.2) is 0 Å². The van der Waals surface area contributed by atoms with Crippen LogP contribution in [0.4, 0.5) is 0 Å². The Morgan fingerprint density at radius 1 is 1.07 bits per heavy atom. The van der Waals surface area contributed by atoms with Gasteiger partial charge in [-0.1, -0.05) is 6.92 Å². The predicted molar refractivity (Wildman–Crippen MR) is 53.9 cm³/mol. The minimum atomic E-state index is -0.106. The number of carbonyl (C=O) groups is 2. The summed E-state index contributed by atoms with van der Waals surface area (Å²) in [6.07, 6.45) is 5.30. The average molecular weight is 194 g/mol. The lowest BCUT2D eigenvalue weighted by Crippen LogP contribution is -2.25. The monoisotopic (exact) mass is 194 g/mol. The molecule has 0 aromatic rings. The molecular weight excluding hydrogens is 176 g/mol. The number of fused-ring (bicyclic) bond motifs is 2. The van der Waals surface area contributed by atoms with Crippen molar-refractivity contribution in [3.63, 3.8) is 0 Å². The summed E-state index contributed by atoms with van der Waals surface area (Å²) in [5.74, 6) is 0.693. The number of Topliss-reactive ketones (excluding diaryl/α,β-unsaturated/α-hetero) is 2. The zero-order chi connectivity index (χ0) is 10.4. The molecule has 2 bridgehead atoms. The molecule has 2 saturated carbocycles. The highest BCUT2D eigenvalue weighted by Gasteiger charge is 2.58. The van der Waals surface area contributed by atoms with E-state index in [-0.39, 0.29) is 10.8 Å². The number of rotatable bonds is 3. The molecule has 0 spiro atoms. The van der Waals surface area contributed by atoms with Crippen LogP contribution in [0.25, 0.3) is 0 Å². The zero-order valence-corrected chi connectivity index (χ0v) is 9.06. The van der Waals surface area contributed by atoms with Gasteiger partial charge in [0.25, 0.3) is 0 Å². The number of hydrogen-bond donors (Lipinski definition) is 0. The van der Waals surface area contributed by atoms with Gasteiger partial charge in [0.2, 0.25) is 0 Å². The number of hydrogen-bond acceptors (Lipinski definition) is 2. The van der Waals surface area contributed by atoms with E-state index >= 15 is 0 Å². The molecule has 78 valence electrons. The Morgan fingerprint density at radius 2 is 1.57 bits per heavy atom. The molecule has 2 rings (SSSR count). The molecule has 2 aliphatic carbocycles. The largest absolute Gasteiger partial charge is 0.299 e. The highest BCUT2D eigenvalue weighted by atomic mass is 16.1. The van der Waals surface area contributed by atoms with E-state index in [2.05, 4.69) is 0 Å². The Balaban J connectivity index is 2.24. The molecule has 0 amide bonds. The molecular formula is C12H18O2. The highest BCUT2D eigenvalue weighted by Crippen LogP contribution is 2.62. The van der Waals surface area contributed by atoms with Crippen LogP contribution in [-0.2, 0) is 9.59 Å². The molecule has 2 heteroatoms. The van der Waals surface area contributed by atoms with Gasteiger partial charge in [-0.2, -0.15) is 0 Å². The van der Waals surface area contributed by atoms with Gasteiger partial charge in [0, 0.05) is 17.3 Å². The molecule has 0 heterocycles. The van der Waals surface area contributed by atoms with Crippen molar-refractivity contribution in [3.8, 4) is 0 Å². The topological polar surface area (TPSA) is 34.1 Å². The molecule has 0 radical (unpaired) electrons. The molecule has 2 aliphatic rings. The predicted octanol–water partition coefficient (Wildman–Crippen LogP) is 2.51. The minimum absolute atomic E-state index is 0.0968. The van der Waals surface area contributed by atoms with Gasteiger partial charge in [0.05, 0.1) is 0 Å². The molecule has 2 nitrogen and oxygen atoms in total. The third-order valence-electron chi connectivity index (χ3n) is 4.50. The van der Waals surface area contributed by atoms with Gasteiger partial charge in [-0.3, -0.25) is 9.59 Å². The molecule has 14 heavy (non-hydrogen) atoms. The standard InChI is InChI=1S/C12H18O2/c1-3-10(14)12-6-4-11(8-12,5-7-12)9(2)13/h3-8H2,1-2H3. The fourth-order valence-corrected chi connectivity index (χ4v) is 3.44. The summed E-state index contributed by atoms with van der Waals surface area (Å²) in [6.45, 7) is 3.63. The summed E-state index contributed by atoms with van der Waals surface area (Å²) in [5.41, 5.74) is -0.203. The molecule has 0 aliphatic heterocycles. The van der Waals surface area contributed by atoms with Gasteiger partial charge in [0.15, 0.2) is 0 Å². The van der Waals surface area contributed by atoms with E-state index in [0.29, 0.717) is 18.0 Å². The van der Waals surface area contributed by atoms with Crippen LogP contribution < -0.4 is 0 Å². The lowest BCUT2D eigenvalue weighted by molar-refractivity contribution is -0.128. The Hall–Kier alpha value is -0.660. The Bertz CT molecular complexity index is 283. The van der Waals surface area contributed by atoms with Crippen molar-refractivity contribution >= 4 is 11.6 Å². The normalized spacial score (nSPS) is 40.1. The first kappa shape index (κ1) is 9.88. The minimum Gasteiger partial charge on any atom is -0.299 e. The van der Waals surface area contributed by atoms with Gasteiger partial charge < -0.3 is 0 Å². The van der Waals surface area contributed by atoms with Gasteiger partial charge >= 0.3 is 0 Å². The Labute approximate surface area is 85.1 Å². The molecule has 0 aromatic heterocycles. The number of ketones is 2. The Kier molecular flexibility index (Phi) is 2.06. The number of carbonyl (C=O) groups excluding carboxylic acids is 2. The molecule has 0 aromatic carbocycles. The highest BCUT2D eigenvalue weighted by molar-refractivity contribution is 5.90. The first-order chi connectivity index (χ1) is 6.55. The lowest BCUT2D eigenvalue weighted by Gasteiger charge is -2.25. The van der Waals surface area contributed by atoms with E-state index in [1.54, 1.807) is 6.92 Å². The smallest absolute Gasteiger partial charge is 0.138 e. The maximum Gasteiger partial charge on any atom is 0.138 e. The van der Waals surface area contributed by atoms with Crippen LogP contribution in [0, 0.1) is 10.8 Å². The SMILES string of the molecule is CCC(=O)C12CCC(C(C)=O)(CC1)C2. The van der Waals surface area contributed by atoms with Crippen molar-refractivity contribution in [1.29, 1.82) is 0 Å². The van der Waals surface area contributed by atoms with Gasteiger partial charge in [0.1, 0.15) is 11.6 Å². The average Bonchev–Trinajstić information content (AvgIpc) is 2.74. The van der Waals surface area contributed by atoms with E-state index in [4.69, 9.17) is 0 Å². The summed E-state index contributed by atoms with van der Waals surface area (Å²) < 4.78 is 0. The van der Waals surface area contributed by atoms with Crippen LogP contribution >= 0.6 is 0 Å². The van der Waals surface area contributed by atoms with Crippen molar-refractivity contribution in [2.24, 2.45) is 10.8 Å². The van der Waals surface area contributed by atoms with Crippen LogP contribution in [-0.4, -0.2) is 11.6 Å². The summed E-state index contributed by atoms with van der Waals surface area (Å²) in [6, 6.07) is 0. The quantitative estimate of drug-likeness (QED) is 0.691. The second-order valence-corrected chi connectivity index (χ2v) is 5.07. The Morgan fingerprint density at radius 3 is 1.93 bits per heavy atom. The first-order valence-electron chi connectivity index (χ1n) is 5.59. The summed E-state index contributed by atoms with van der Waals surface area (Å²) >= 11 is 0. The van der Waals surface area contributed by atoms with Crippen LogP contribution in [0.2, 0.25) is 0 Å². The second-order valence-electron chi connectivity index (χ2n) is 5.07. The molecule has 0 atom stereocenters.